The van der Waals surface area contributed by atoms with Crippen LogP contribution >= 0.6 is 0 Å². The molecular formula is C23H18N4O3. The summed E-state index contributed by atoms with van der Waals surface area (Å²) in [5, 5.41) is 17.2. The molecular weight excluding hydrogens is 380 g/mol. The molecule has 0 fully saturated rings. The molecule has 3 aromatic rings. The zero-order valence-corrected chi connectivity index (χ0v) is 16.1. The number of nitrogens with one attached hydrogen (secondary N) is 3. The maximum absolute atomic E-state index is 12.4. The third-order valence-corrected chi connectivity index (χ3v) is 4.17. The molecule has 3 aromatic carbocycles. The van der Waals surface area contributed by atoms with Crippen LogP contribution in [0, 0.1) is 11.3 Å². The Morgan fingerprint density at radius 1 is 0.700 bits per heavy atom. The normalized spacial score (nSPS) is 9.87. The van der Waals surface area contributed by atoms with Gasteiger partial charge in [-0.3, -0.25) is 14.4 Å². The number of nitriles is 1. The molecule has 0 atom stereocenters. The Balaban J connectivity index is 1.64. The first kappa shape index (κ1) is 20.3. The number of anilines is 3. The van der Waals surface area contributed by atoms with E-state index in [1.54, 1.807) is 72.8 Å². The van der Waals surface area contributed by atoms with Crippen LogP contribution < -0.4 is 16.0 Å². The fourth-order valence-corrected chi connectivity index (χ4v) is 2.70. The van der Waals surface area contributed by atoms with Gasteiger partial charge < -0.3 is 16.0 Å². The molecule has 0 aromatic heterocycles. The van der Waals surface area contributed by atoms with E-state index >= 15 is 0 Å². The van der Waals surface area contributed by atoms with E-state index in [4.69, 9.17) is 5.26 Å². The summed E-state index contributed by atoms with van der Waals surface area (Å²) >= 11 is 0. The van der Waals surface area contributed by atoms with Crippen molar-refractivity contribution < 1.29 is 14.4 Å². The van der Waals surface area contributed by atoms with Gasteiger partial charge in [0.25, 0.3) is 11.8 Å². The van der Waals surface area contributed by atoms with Crippen molar-refractivity contribution in [3.05, 3.63) is 89.5 Å². The first-order valence-corrected chi connectivity index (χ1v) is 9.06. The topological polar surface area (TPSA) is 111 Å². The second-order valence-electron chi connectivity index (χ2n) is 6.40. The fourth-order valence-electron chi connectivity index (χ4n) is 2.70. The molecule has 3 rings (SSSR count). The Labute approximate surface area is 173 Å². The molecule has 0 saturated heterocycles. The van der Waals surface area contributed by atoms with Gasteiger partial charge in [-0.05, 0) is 60.7 Å². The van der Waals surface area contributed by atoms with Gasteiger partial charge in [0.15, 0.2) is 0 Å². The zero-order chi connectivity index (χ0) is 21.5. The highest BCUT2D eigenvalue weighted by Gasteiger charge is 2.11. The van der Waals surface area contributed by atoms with E-state index in [1.807, 2.05) is 6.07 Å². The van der Waals surface area contributed by atoms with Crippen LogP contribution in [0.25, 0.3) is 0 Å². The third-order valence-electron chi connectivity index (χ3n) is 4.17. The summed E-state index contributed by atoms with van der Waals surface area (Å²) in [5.74, 6) is -0.880. The zero-order valence-electron chi connectivity index (χ0n) is 16.1. The van der Waals surface area contributed by atoms with Gasteiger partial charge in [-0.25, -0.2) is 0 Å². The molecule has 0 spiro atoms. The smallest absolute Gasteiger partial charge is 0.255 e. The number of rotatable bonds is 5. The minimum atomic E-state index is -0.377. The van der Waals surface area contributed by atoms with Gasteiger partial charge in [-0.1, -0.05) is 12.1 Å². The lowest BCUT2D eigenvalue weighted by Crippen LogP contribution is -2.15. The van der Waals surface area contributed by atoms with E-state index in [1.165, 1.54) is 6.92 Å². The van der Waals surface area contributed by atoms with Crippen molar-refractivity contribution in [1.82, 2.24) is 0 Å². The monoisotopic (exact) mass is 398 g/mol. The lowest BCUT2D eigenvalue weighted by molar-refractivity contribution is -0.114. The molecule has 7 heteroatoms. The molecule has 0 aliphatic rings. The summed E-state index contributed by atoms with van der Waals surface area (Å²) in [6.45, 7) is 1.42. The SMILES string of the molecule is CC(=O)Nc1ccc(NC(=O)c2ccc(C(=O)Nc3ccccc3C#N)cc2)cc1. The van der Waals surface area contributed by atoms with Crippen LogP contribution in [-0.2, 0) is 4.79 Å². The van der Waals surface area contributed by atoms with Crippen LogP contribution in [-0.4, -0.2) is 17.7 Å². The second-order valence-corrected chi connectivity index (χ2v) is 6.40. The Hall–Kier alpha value is -4.44. The van der Waals surface area contributed by atoms with Crippen molar-refractivity contribution in [3.8, 4) is 6.07 Å². The van der Waals surface area contributed by atoms with Crippen molar-refractivity contribution in [2.75, 3.05) is 16.0 Å². The minimum absolute atomic E-state index is 0.174. The fraction of sp³-hybridized carbons (Fsp3) is 0.0435. The average Bonchev–Trinajstić information content (AvgIpc) is 2.75. The number of benzene rings is 3. The summed E-state index contributed by atoms with van der Waals surface area (Å²) in [4.78, 5) is 35.9. The van der Waals surface area contributed by atoms with Gasteiger partial charge in [0.2, 0.25) is 5.91 Å². The molecule has 0 aliphatic carbocycles. The van der Waals surface area contributed by atoms with Gasteiger partial charge in [0.05, 0.1) is 11.3 Å². The number of nitrogens with zero attached hydrogens (tertiary/aromatic N) is 1. The Morgan fingerprint density at radius 2 is 1.20 bits per heavy atom. The van der Waals surface area contributed by atoms with Gasteiger partial charge in [0, 0.05) is 29.4 Å². The van der Waals surface area contributed by atoms with Gasteiger partial charge in [-0.15, -0.1) is 0 Å². The van der Waals surface area contributed by atoms with E-state index in [0.717, 1.165) is 0 Å². The van der Waals surface area contributed by atoms with E-state index in [0.29, 0.717) is 33.8 Å². The molecule has 30 heavy (non-hydrogen) atoms. The lowest BCUT2D eigenvalue weighted by atomic mass is 10.1. The molecule has 3 amide bonds. The number of amides is 3. The standard InChI is InChI=1S/C23H18N4O3/c1-15(28)25-19-10-12-20(13-11-19)26-22(29)16-6-8-17(9-7-16)23(30)27-21-5-3-2-4-18(21)14-24/h2-13H,1H3,(H,25,28)(H,26,29)(H,27,30). The van der Waals surface area contributed by atoms with Gasteiger partial charge >= 0.3 is 0 Å². The van der Waals surface area contributed by atoms with Crippen molar-refractivity contribution in [1.29, 1.82) is 5.26 Å². The van der Waals surface area contributed by atoms with E-state index < -0.39 is 0 Å². The Morgan fingerprint density at radius 3 is 1.73 bits per heavy atom. The van der Waals surface area contributed by atoms with E-state index in [2.05, 4.69) is 16.0 Å². The summed E-state index contributed by atoms with van der Waals surface area (Å²) < 4.78 is 0. The second kappa shape index (κ2) is 9.17. The Kier molecular flexibility index (Phi) is 6.20. The van der Waals surface area contributed by atoms with Crippen molar-refractivity contribution in [3.63, 3.8) is 0 Å². The van der Waals surface area contributed by atoms with Crippen LogP contribution in [0.5, 0.6) is 0 Å². The molecule has 0 radical (unpaired) electrons. The maximum atomic E-state index is 12.4. The molecule has 0 heterocycles. The first-order valence-electron chi connectivity index (χ1n) is 9.06. The van der Waals surface area contributed by atoms with Gasteiger partial charge in [-0.2, -0.15) is 5.26 Å². The van der Waals surface area contributed by atoms with Crippen LogP contribution in [0.1, 0.15) is 33.2 Å². The average molecular weight is 398 g/mol. The highest BCUT2D eigenvalue weighted by Crippen LogP contribution is 2.17. The number of hydrogen-bond acceptors (Lipinski definition) is 4. The summed E-state index contributed by atoms with van der Waals surface area (Å²) in [5.41, 5.74) is 2.74. The maximum Gasteiger partial charge on any atom is 0.255 e. The first-order chi connectivity index (χ1) is 14.5. The summed E-state index contributed by atoms with van der Waals surface area (Å²) in [6.07, 6.45) is 0. The predicted molar refractivity (Wildman–Crippen MR) is 114 cm³/mol. The molecule has 0 saturated carbocycles. The Bertz CT molecular complexity index is 1130. The molecule has 7 nitrogen and oxygen atoms in total. The lowest BCUT2D eigenvalue weighted by Gasteiger charge is -2.09. The van der Waals surface area contributed by atoms with E-state index in [9.17, 15) is 14.4 Å². The third kappa shape index (κ3) is 5.09. The van der Waals surface area contributed by atoms with E-state index in [-0.39, 0.29) is 17.7 Å². The number of carbonyl (C=O) groups is 3. The van der Waals surface area contributed by atoms with Crippen LogP contribution in [0.15, 0.2) is 72.8 Å². The minimum Gasteiger partial charge on any atom is -0.326 e. The van der Waals surface area contributed by atoms with Crippen molar-refractivity contribution >= 4 is 34.8 Å². The quantitative estimate of drug-likeness (QED) is 0.603. The summed E-state index contributed by atoms with van der Waals surface area (Å²) in [6, 6.07) is 21.6. The van der Waals surface area contributed by atoms with Crippen molar-refractivity contribution in [2.45, 2.75) is 6.92 Å². The largest absolute Gasteiger partial charge is 0.326 e. The highest BCUT2D eigenvalue weighted by molar-refractivity contribution is 6.07. The molecule has 0 bridgehead atoms. The predicted octanol–water partition coefficient (Wildman–Crippen LogP) is 4.02. The summed E-state index contributed by atoms with van der Waals surface area (Å²) in [7, 11) is 0. The molecule has 0 unspecified atom stereocenters. The molecule has 3 N–H and O–H groups in total. The molecule has 148 valence electrons. The number of carbonyl (C=O) groups excluding carboxylic acids is 3. The molecule has 0 aliphatic heterocycles. The van der Waals surface area contributed by atoms with Gasteiger partial charge in [0.1, 0.15) is 6.07 Å². The van der Waals surface area contributed by atoms with Crippen LogP contribution in [0.2, 0.25) is 0 Å². The highest BCUT2D eigenvalue weighted by atomic mass is 16.2. The van der Waals surface area contributed by atoms with Crippen LogP contribution in [0.4, 0.5) is 17.1 Å². The number of hydrogen-bond donors (Lipinski definition) is 3. The van der Waals surface area contributed by atoms with Crippen LogP contribution in [0.3, 0.4) is 0 Å². The number of para-hydroxylation sites is 1. The van der Waals surface area contributed by atoms with Crippen molar-refractivity contribution in [2.24, 2.45) is 0 Å².